The molecule has 0 bridgehead atoms. The summed E-state index contributed by atoms with van der Waals surface area (Å²) in [6.45, 7) is 5.49. The topological polar surface area (TPSA) is 38.5 Å². The average Bonchev–Trinajstić information content (AvgIpc) is 2.88. The minimum absolute atomic E-state index is 0.593. The second-order valence-electron chi connectivity index (χ2n) is 5.29. The molecule has 0 radical (unpaired) electrons. The van der Waals surface area contributed by atoms with Gasteiger partial charge < -0.3 is 10.5 Å². The third-order valence-electron chi connectivity index (χ3n) is 3.96. The van der Waals surface area contributed by atoms with E-state index in [0.717, 1.165) is 25.3 Å². The molecule has 0 spiro atoms. The molecule has 0 aliphatic carbocycles. The molecule has 1 aliphatic rings. The second kappa shape index (κ2) is 6.21. The first-order chi connectivity index (χ1) is 8.72. The van der Waals surface area contributed by atoms with E-state index in [4.69, 9.17) is 10.5 Å². The van der Waals surface area contributed by atoms with Crippen molar-refractivity contribution in [2.45, 2.75) is 25.8 Å². The van der Waals surface area contributed by atoms with Crippen LogP contribution in [-0.4, -0.2) is 37.7 Å². The summed E-state index contributed by atoms with van der Waals surface area (Å²) < 4.78 is 5.18. The smallest absolute Gasteiger partial charge is 0.118 e. The van der Waals surface area contributed by atoms with Crippen LogP contribution in [0.2, 0.25) is 0 Å². The van der Waals surface area contributed by atoms with E-state index in [1.807, 2.05) is 12.1 Å². The maximum Gasteiger partial charge on any atom is 0.118 e. The van der Waals surface area contributed by atoms with Gasteiger partial charge in [0.05, 0.1) is 7.11 Å². The van der Waals surface area contributed by atoms with Crippen LogP contribution in [-0.2, 0) is 6.42 Å². The van der Waals surface area contributed by atoms with Crippen LogP contribution in [0.3, 0.4) is 0 Å². The van der Waals surface area contributed by atoms with Crippen molar-refractivity contribution < 1.29 is 4.74 Å². The zero-order valence-electron chi connectivity index (χ0n) is 11.4. The van der Waals surface area contributed by atoms with Gasteiger partial charge in [-0.05, 0) is 56.5 Å². The van der Waals surface area contributed by atoms with Gasteiger partial charge in [0.1, 0.15) is 5.75 Å². The highest BCUT2D eigenvalue weighted by atomic mass is 16.5. The molecule has 2 rings (SSSR count). The van der Waals surface area contributed by atoms with E-state index in [2.05, 4.69) is 24.0 Å². The first-order valence-electron chi connectivity index (χ1n) is 6.80. The molecule has 2 atom stereocenters. The molecule has 2 unspecified atom stereocenters. The van der Waals surface area contributed by atoms with Crippen LogP contribution in [0.4, 0.5) is 0 Å². The zero-order valence-corrected chi connectivity index (χ0v) is 11.4. The van der Waals surface area contributed by atoms with Crippen molar-refractivity contribution in [2.75, 3.05) is 26.7 Å². The van der Waals surface area contributed by atoms with Crippen molar-refractivity contribution in [3.05, 3.63) is 29.8 Å². The minimum Gasteiger partial charge on any atom is -0.497 e. The Morgan fingerprint density at radius 3 is 2.67 bits per heavy atom. The third-order valence-corrected chi connectivity index (χ3v) is 3.96. The SMILES string of the molecule is COc1ccc(CC(C)N2CCC(CN)C2)cc1. The summed E-state index contributed by atoms with van der Waals surface area (Å²) in [6, 6.07) is 8.98. The van der Waals surface area contributed by atoms with Gasteiger partial charge in [-0.1, -0.05) is 12.1 Å². The van der Waals surface area contributed by atoms with Gasteiger partial charge in [0.15, 0.2) is 0 Å². The molecule has 0 amide bonds. The van der Waals surface area contributed by atoms with Gasteiger partial charge in [0.25, 0.3) is 0 Å². The summed E-state index contributed by atoms with van der Waals surface area (Å²) in [5.74, 6) is 1.62. The number of nitrogens with zero attached hydrogens (tertiary/aromatic N) is 1. The van der Waals surface area contributed by atoms with E-state index in [1.165, 1.54) is 18.5 Å². The number of rotatable bonds is 5. The lowest BCUT2D eigenvalue weighted by Gasteiger charge is -2.24. The fourth-order valence-electron chi connectivity index (χ4n) is 2.69. The second-order valence-corrected chi connectivity index (χ2v) is 5.29. The first kappa shape index (κ1) is 13.4. The Morgan fingerprint density at radius 2 is 2.11 bits per heavy atom. The molecule has 0 saturated carbocycles. The Hall–Kier alpha value is -1.06. The molecule has 1 aromatic carbocycles. The van der Waals surface area contributed by atoms with Crippen LogP contribution in [0.5, 0.6) is 5.75 Å². The largest absolute Gasteiger partial charge is 0.497 e. The Bertz CT molecular complexity index is 363. The fraction of sp³-hybridized carbons (Fsp3) is 0.600. The van der Waals surface area contributed by atoms with Gasteiger partial charge >= 0.3 is 0 Å². The standard InChI is InChI=1S/C15H24N2O/c1-12(17-8-7-14(10-16)11-17)9-13-3-5-15(18-2)6-4-13/h3-6,12,14H,7-11,16H2,1-2H3. The first-order valence-corrected chi connectivity index (χ1v) is 6.80. The predicted molar refractivity (Wildman–Crippen MR) is 74.9 cm³/mol. The highest BCUT2D eigenvalue weighted by molar-refractivity contribution is 5.27. The average molecular weight is 248 g/mol. The Morgan fingerprint density at radius 1 is 1.39 bits per heavy atom. The number of hydrogen-bond acceptors (Lipinski definition) is 3. The van der Waals surface area contributed by atoms with Crippen LogP contribution in [0.25, 0.3) is 0 Å². The quantitative estimate of drug-likeness (QED) is 0.865. The van der Waals surface area contributed by atoms with Crippen molar-refractivity contribution in [3.63, 3.8) is 0 Å². The van der Waals surface area contributed by atoms with E-state index in [-0.39, 0.29) is 0 Å². The summed E-state index contributed by atoms with van der Waals surface area (Å²) >= 11 is 0. The van der Waals surface area contributed by atoms with Gasteiger partial charge in [-0.3, -0.25) is 4.90 Å². The number of benzene rings is 1. The van der Waals surface area contributed by atoms with Crippen LogP contribution >= 0.6 is 0 Å². The molecule has 1 fully saturated rings. The Labute approximate surface area is 110 Å². The maximum absolute atomic E-state index is 5.74. The third kappa shape index (κ3) is 3.24. The van der Waals surface area contributed by atoms with Gasteiger partial charge in [-0.25, -0.2) is 0 Å². The Kier molecular flexibility index (Phi) is 4.61. The molecule has 1 aromatic rings. The Balaban J connectivity index is 1.88. The van der Waals surface area contributed by atoms with E-state index in [1.54, 1.807) is 7.11 Å². The summed E-state index contributed by atoms with van der Waals surface area (Å²) in [4.78, 5) is 2.56. The van der Waals surface area contributed by atoms with E-state index < -0.39 is 0 Å². The lowest BCUT2D eigenvalue weighted by molar-refractivity contribution is 0.248. The summed E-state index contributed by atoms with van der Waals surface area (Å²) in [7, 11) is 1.70. The normalized spacial score (nSPS) is 22.1. The molecule has 1 aliphatic heterocycles. The van der Waals surface area contributed by atoms with Gasteiger partial charge in [0, 0.05) is 12.6 Å². The van der Waals surface area contributed by atoms with E-state index in [9.17, 15) is 0 Å². The molecule has 1 heterocycles. The highest BCUT2D eigenvalue weighted by Crippen LogP contribution is 2.20. The van der Waals surface area contributed by atoms with E-state index in [0.29, 0.717) is 12.0 Å². The van der Waals surface area contributed by atoms with Crippen molar-refractivity contribution in [1.29, 1.82) is 0 Å². The molecule has 18 heavy (non-hydrogen) atoms. The van der Waals surface area contributed by atoms with Crippen molar-refractivity contribution in [1.82, 2.24) is 4.90 Å². The minimum atomic E-state index is 0.593. The zero-order chi connectivity index (χ0) is 13.0. The molecule has 0 aromatic heterocycles. The molecular formula is C15H24N2O. The van der Waals surface area contributed by atoms with Crippen LogP contribution in [0, 0.1) is 5.92 Å². The number of likely N-dealkylation sites (tertiary alicyclic amines) is 1. The van der Waals surface area contributed by atoms with Crippen LogP contribution in [0.15, 0.2) is 24.3 Å². The lowest BCUT2D eigenvalue weighted by Crippen LogP contribution is -2.33. The number of ether oxygens (including phenoxy) is 1. The van der Waals surface area contributed by atoms with Gasteiger partial charge in [0.2, 0.25) is 0 Å². The van der Waals surface area contributed by atoms with E-state index >= 15 is 0 Å². The molecule has 100 valence electrons. The van der Waals surface area contributed by atoms with Crippen molar-refractivity contribution >= 4 is 0 Å². The number of hydrogen-bond donors (Lipinski definition) is 1. The van der Waals surface area contributed by atoms with Crippen LogP contribution in [0.1, 0.15) is 18.9 Å². The predicted octanol–water partition coefficient (Wildman–Crippen LogP) is 1.91. The summed E-state index contributed by atoms with van der Waals surface area (Å²) in [6.07, 6.45) is 2.35. The monoisotopic (exact) mass is 248 g/mol. The molecule has 3 heteroatoms. The van der Waals surface area contributed by atoms with Gasteiger partial charge in [-0.15, -0.1) is 0 Å². The van der Waals surface area contributed by atoms with Crippen molar-refractivity contribution in [3.8, 4) is 5.75 Å². The molecular weight excluding hydrogens is 224 g/mol. The molecule has 1 saturated heterocycles. The lowest BCUT2D eigenvalue weighted by atomic mass is 10.1. The number of nitrogens with two attached hydrogens (primary N) is 1. The summed E-state index contributed by atoms with van der Waals surface area (Å²) in [5.41, 5.74) is 7.11. The highest BCUT2D eigenvalue weighted by Gasteiger charge is 2.24. The van der Waals surface area contributed by atoms with Gasteiger partial charge in [-0.2, -0.15) is 0 Å². The fourth-order valence-corrected chi connectivity index (χ4v) is 2.69. The molecule has 3 nitrogen and oxygen atoms in total. The van der Waals surface area contributed by atoms with Crippen LogP contribution < -0.4 is 10.5 Å². The molecule has 2 N–H and O–H groups in total. The maximum atomic E-state index is 5.74. The van der Waals surface area contributed by atoms with Crippen molar-refractivity contribution in [2.24, 2.45) is 11.7 Å². The number of methoxy groups -OCH3 is 1. The summed E-state index contributed by atoms with van der Waals surface area (Å²) in [5, 5.41) is 0.